The molecule has 4 amide bonds. The van der Waals surface area contributed by atoms with Gasteiger partial charge >= 0.3 is 12.6 Å². The summed E-state index contributed by atoms with van der Waals surface area (Å²) in [5.41, 5.74) is 2.40. The highest BCUT2D eigenvalue weighted by Gasteiger charge is 2.43. The van der Waals surface area contributed by atoms with E-state index in [1.54, 1.807) is 20.8 Å². The van der Waals surface area contributed by atoms with Crippen molar-refractivity contribution in [3.63, 3.8) is 0 Å². The molecule has 146 valence electrons. The van der Waals surface area contributed by atoms with Crippen LogP contribution in [0.4, 0.5) is 13.6 Å². The van der Waals surface area contributed by atoms with E-state index >= 15 is 0 Å². The quantitative estimate of drug-likeness (QED) is 0.427. The van der Waals surface area contributed by atoms with Gasteiger partial charge in [-0.05, 0) is 50.6 Å². The molecular weight excluding hydrogens is 362 g/mol. The summed E-state index contributed by atoms with van der Waals surface area (Å²) < 4.78 is 28.5. The molecule has 0 spiro atoms. The Kier molecular flexibility index (Phi) is 6.09. The molecule has 1 aliphatic rings. The molecule has 10 heteroatoms. The summed E-state index contributed by atoms with van der Waals surface area (Å²) in [4.78, 5) is 36.6. The van der Waals surface area contributed by atoms with Crippen LogP contribution < -0.4 is 15.5 Å². The maximum absolute atomic E-state index is 12.1. The number of alkyl halides is 2. The highest BCUT2D eigenvalue weighted by Crippen LogP contribution is 2.17. The monoisotopic (exact) mass is 382 g/mol. The summed E-state index contributed by atoms with van der Waals surface area (Å²) in [6, 6.07) is 5.24. The van der Waals surface area contributed by atoms with E-state index < -0.39 is 30.0 Å². The van der Waals surface area contributed by atoms with Gasteiger partial charge in [-0.1, -0.05) is 0 Å². The number of hydrogen-bond acceptors (Lipinski definition) is 5. The van der Waals surface area contributed by atoms with Crippen molar-refractivity contribution >= 4 is 23.6 Å². The van der Waals surface area contributed by atoms with Crippen molar-refractivity contribution in [2.45, 2.75) is 39.3 Å². The van der Waals surface area contributed by atoms with Crippen LogP contribution in [0.5, 0.6) is 5.75 Å². The molecule has 0 aromatic heterocycles. The molecule has 0 saturated carbocycles. The summed E-state index contributed by atoms with van der Waals surface area (Å²) in [6.45, 7) is 1.83. The molecule has 1 aromatic carbocycles. The van der Waals surface area contributed by atoms with Gasteiger partial charge in [0.1, 0.15) is 11.3 Å². The van der Waals surface area contributed by atoms with Crippen LogP contribution in [-0.4, -0.2) is 47.2 Å². The molecule has 1 saturated heterocycles. The Morgan fingerprint density at radius 2 is 1.93 bits per heavy atom. The number of carbonyl (C=O) groups excluding carboxylic acids is 3. The van der Waals surface area contributed by atoms with E-state index in [1.165, 1.54) is 24.3 Å². The minimum Gasteiger partial charge on any atom is -0.435 e. The maximum atomic E-state index is 12.1. The third kappa shape index (κ3) is 5.22. The van der Waals surface area contributed by atoms with Crippen molar-refractivity contribution < 1.29 is 27.9 Å². The first-order chi connectivity index (χ1) is 12.6. The molecule has 1 aromatic rings. The first-order valence-electron chi connectivity index (χ1n) is 8.12. The van der Waals surface area contributed by atoms with Gasteiger partial charge in [-0.3, -0.25) is 14.5 Å². The normalized spacial score (nSPS) is 16.5. The number of carbonyl (C=O) groups is 3. The summed E-state index contributed by atoms with van der Waals surface area (Å²) in [6.07, 6.45) is -0.104. The number of halogens is 2. The van der Waals surface area contributed by atoms with Gasteiger partial charge in [0.25, 0.3) is 5.91 Å². The van der Waals surface area contributed by atoms with Gasteiger partial charge in [0.05, 0.1) is 5.71 Å². The second-order valence-corrected chi connectivity index (χ2v) is 6.40. The van der Waals surface area contributed by atoms with Crippen LogP contribution in [0.15, 0.2) is 29.4 Å². The number of ether oxygens (including phenoxy) is 1. The van der Waals surface area contributed by atoms with Crippen molar-refractivity contribution in [1.82, 2.24) is 15.6 Å². The SMILES string of the molecule is C/C(=N/NC(=O)CCN1C(=O)NC(C)(C)C1=O)c1ccc(OC(F)F)cc1. The Bertz CT molecular complexity index is 763. The van der Waals surface area contributed by atoms with Crippen LogP contribution >= 0.6 is 0 Å². The summed E-state index contributed by atoms with van der Waals surface area (Å²) in [5, 5.41) is 6.45. The summed E-state index contributed by atoms with van der Waals surface area (Å²) in [5.74, 6) is -0.856. The van der Waals surface area contributed by atoms with Crippen LogP contribution in [0.1, 0.15) is 32.8 Å². The number of amides is 4. The van der Waals surface area contributed by atoms with Crippen LogP contribution in [-0.2, 0) is 9.59 Å². The van der Waals surface area contributed by atoms with E-state index in [9.17, 15) is 23.2 Å². The highest BCUT2D eigenvalue weighted by atomic mass is 19.3. The largest absolute Gasteiger partial charge is 0.435 e. The standard InChI is InChI=1S/C17H20F2N4O4/c1-10(11-4-6-12(7-5-11)27-15(18)19)21-22-13(24)8-9-23-14(25)17(2,3)20-16(23)26/h4-7,15H,8-9H2,1-3H3,(H,20,26)(H,22,24)/b21-10-. The number of nitrogens with zero attached hydrogens (tertiary/aromatic N) is 2. The molecule has 1 aliphatic heterocycles. The third-order valence-electron chi connectivity index (χ3n) is 3.85. The number of rotatable bonds is 7. The fraction of sp³-hybridized carbons (Fsp3) is 0.412. The van der Waals surface area contributed by atoms with E-state index in [0.29, 0.717) is 11.3 Å². The third-order valence-corrected chi connectivity index (χ3v) is 3.85. The van der Waals surface area contributed by atoms with E-state index in [0.717, 1.165) is 4.90 Å². The number of benzene rings is 1. The van der Waals surface area contributed by atoms with Gasteiger partial charge in [0, 0.05) is 13.0 Å². The van der Waals surface area contributed by atoms with Crippen LogP contribution in [0, 0.1) is 0 Å². The molecule has 1 fully saturated rings. The van der Waals surface area contributed by atoms with E-state index in [-0.39, 0.29) is 18.7 Å². The van der Waals surface area contributed by atoms with Gasteiger partial charge in [-0.25, -0.2) is 10.2 Å². The van der Waals surface area contributed by atoms with Crippen molar-refractivity contribution in [3.05, 3.63) is 29.8 Å². The number of nitrogens with one attached hydrogen (secondary N) is 2. The Hall–Kier alpha value is -3.04. The van der Waals surface area contributed by atoms with Crippen molar-refractivity contribution in [1.29, 1.82) is 0 Å². The molecule has 0 atom stereocenters. The highest BCUT2D eigenvalue weighted by molar-refractivity contribution is 6.06. The smallest absolute Gasteiger partial charge is 0.387 e. The molecule has 0 bridgehead atoms. The van der Waals surface area contributed by atoms with Crippen LogP contribution in [0.3, 0.4) is 0 Å². The van der Waals surface area contributed by atoms with Gasteiger partial charge in [0.15, 0.2) is 0 Å². The lowest BCUT2D eigenvalue weighted by Crippen LogP contribution is -2.40. The van der Waals surface area contributed by atoms with Crippen molar-refractivity contribution in [2.24, 2.45) is 5.10 Å². The zero-order valence-electron chi connectivity index (χ0n) is 15.1. The first-order valence-corrected chi connectivity index (χ1v) is 8.12. The van der Waals surface area contributed by atoms with Gasteiger partial charge < -0.3 is 10.1 Å². The predicted octanol–water partition coefficient (Wildman–Crippen LogP) is 1.85. The zero-order valence-corrected chi connectivity index (χ0v) is 15.1. The minimum atomic E-state index is -2.90. The maximum Gasteiger partial charge on any atom is 0.387 e. The molecule has 1 heterocycles. The average molecular weight is 382 g/mol. The lowest BCUT2D eigenvalue weighted by atomic mass is 10.1. The molecule has 2 rings (SSSR count). The average Bonchev–Trinajstić information content (AvgIpc) is 2.78. The number of urea groups is 1. The molecule has 0 aliphatic carbocycles. The Balaban J connectivity index is 1.87. The molecule has 0 radical (unpaired) electrons. The molecule has 8 nitrogen and oxygen atoms in total. The molecule has 27 heavy (non-hydrogen) atoms. The van der Waals surface area contributed by atoms with E-state index in [1.807, 2.05) is 0 Å². The lowest BCUT2D eigenvalue weighted by molar-refractivity contribution is -0.130. The minimum absolute atomic E-state index is 0.0158. The predicted molar refractivity (Wildman–Crippen MR) is 92.4 cm³/mol. The van der Waals surface area contributed by atoms with Gasteiger partial charge in [-0.15, -0.1) is 0 Å². The Morgan fingerprint density at radius 1 is 1.30 bits per heavy atom. The van der Waals surface area contributed by atoms with Crippen LogP contribution in [0.2, 0.25) is 0 Å². The van der Waals surface area contributed by atoms with Gasteiger partial charge in [0.2, 0.25) is 5.91 Å². The Labute approximate surface area is 154 Å². The molecule has 2 N–H and O–H groups in total. The topological polar surface area (TPSA) is 100 Å². The zero-order chi connectivity index (χ0) is 20.2. The number of hydrazone groups is 1. The van der Waals surface area contributed by atoms with E-state index in [4.69, 9.17) is 0 Å². The number of hydrogen-bond donors (Lipinski definition) is 2. The summed E-state index contributed by atoms with van der Waals surface area (Å²) >= 11 is 0. The fourth-order valence-electron chi connectivity index (χ4n) is 2.38. The van der Waals surface area contributed by atoms with Crippen molar-refractivity contribution in [2.75, 3.05) is 6.54 Å². The van der Waals surface area contributed by atoms with Gasteiger partial charge in [-0.2, -0.15) is 13.9 Å². The summed E-state index contributed by atoms with van der Waals surface area (Å²) in [7, 11) is 0. The first kappa shape index (κ1) is 20.3. The number of imide groups is 1. The van der Waals surface area contributed by atoms with Crippen LogP contribution in [0.25, 0.3) is 0 Å². The second-order valence-electron chi connectivity index (χ2n) is 6.40. The Morgan fingerprint density at radius 3 is 2.44 bits per heavy atom. The molecule has 0 unspecified atom stereocenters. The van der Waals surface area contributed by atoms with E-state index in [2.05, 4.69) is 20.6 Å². The lowest BCUT2D eigenvalue weighted by Gasteiger charge is -2.15. The second kappa shape index (κ2) is 8.11. The van der Waals surface area contributed by atoms with Crippen molar-refractivity contribution in [3.8, 4) is 5.75 Å². The molecular formula is C17H20F2N4O4. The fourth-order valence-corrected chi connectivity index (χ4v) is 2.38.